The SMILES string of the molecule is COC(=O)[C@H](C)NS(=O)(=O)c1cc(Cl)c(Br)s1. The molecule has 0 fully saturated rings. The second-order valence-corrected chi connectivity index (χ2v) is 7.77. The van der Waals surface area contributed by atoms with Gasteiger partial charge in [-0.1, -0.05) is 11.6 Å². The smallest absolute Gasteiger partial charge is 0.323 e. The summed E-state index contributed by atoms with van der Waals surface area (Å²) < 4.78 is 30.8. The van der Waals surface area contributed by atoms with E-state index in [1.807, 2.05) is 0 Å². The number of halogens is 2. The Kier molecular flexibility index (Phi) is 4.96. The Morgan fingerprint density at radius 2 is 2.24 bits per heavy atom. The fourth-order valence-electron chi connectivity index (χ4n) is 0.975. The van der Waals surface area contributed by atoms with E-state index in [0.29, 0.717) is 8.81 Å². The maximum absolute atomic E-state index is 11.8. The zero-order valence-electron chi connectivity index (χ0n) is 8.86. The summed E-state index contributed by atoms with van der Waals surface area (Å²) in [6.45, 7) is 1.40. The highest BCUT2D eigenvalue weighted by molar-refractivity contribution is 9.11. The molecule has 9 heteroatoms. The van der Waals surface area contributed by atoms with Crippen molar-refractivity contribution in [2.75, 3.05) is 7.11 Å². The maximum Gasteiger partial charge on any atom is 0.323 e. The van der Waals surface area contributed by atoms with Gasteiger partial charge in [-0.05, 0) is 28.9 Å². The van der Waals surface area contributed by atoms with Crippen LogP contribution in [-0.2, 0) is 19.6 Å². The monoisotopic (exact) mass is 361 g/mol. The van der Waals surface area contributed by atoms with Crippen molar-refractivity contribution in [2.45, 2.75) is 17.2 Å². The summed E-state index contributed by atoms with van der Waals surface area (Å²) in [7, 11) is -2.58. The van der Waals surface area contributed by atoms with Gasteiger partial charge in [-0.3, -0.25) is 4.79 Å². The van der Waals surface area contributed by atoms with Crippen LogP contribution in [0.15, 0.2) is 14.1 Å². The minimum Gasteiger partial charge on any atom is -0.468 e. The average molecular weight is 363 g/mol. The van der Waals surface area contributed by atoms with Gasteiger partial charge in [0.25, 0.3) is 10.0 Å². The molecule has 0 radical (unpaired) electrons. The summed E-state index contributed by atoms with van der Waals surface area (Å²) in [5.74, 6) is -0.657. The van der Waals surface area contributed by atoms with Gasteiger partial charge in [-0.15, -0.1) is 11.3 Å². The molecule has 17 heavy (non-hydrogen) atoms. The molecule has 0 aliphatic carbocycles. The molecule has 0 aromatic carbocycles. The highest BCUT2D eigenvalue weighted by Crippen LogP contribution is 2.34. The predicted octanol–water partition coefficient (Wildman–Crippen LogP) is 2.00. The van der Waals surface area contributed by atoms with Crippen LogP contribution in [0.5, 0.6) is 0 Å². The van der Waals surface area contributed by atoms with Crippen LogP contribution in [0, 0.1) is 0 Å². The molecule has 1 atom stereocenters. The predicted molar refractivity (Wildman–Crippen MR) is 68.8 cm³/mol. The van der Waals surface area contributed by atoms with Crippen LogP contribution < -0.4 is 4.72 Å². The Labute approximate surface area is 116 Å². The molecule has 1 heterocycles. The number of thiophene rings is 1. The topological polar surface area (TPSA) is 72.5 Å². The largest absolute Gasteiger partial charge is 0.468 e. The summed E-state index contributed by atoms with van der Waals surface area (Å²) in [5.41, 5.74) is 0. The number of esters is 1. The molecule has 0 saturated heterocycles. The molecule has 0 amide bonds. The molecule has 0 aliphatic rings. The standard InChI is InChI=1S/C8H9BrClNO4S2/c1-4(8(12)15-2)11-17(13,14)6-3-5(10)7(9)16-6/h3-4,11H,1-2H3/t4-/m0/s1. The number of carbonyl (C=O) groups excluding carboxylic acids is 1. The van der Waals surface area contributed by atoms with Crippen LogP contribution in [0.25, 0.3) is 0 Å². The number of hydrogen-bond donors (Lipinski definition) is 1. The van der Waals surface area contributed by atoms with Gasteiger partial charge in [-0.25, -0.2) is 8.42 Å². The number of carbonyl (C=O) groups is 1. The summed E-state index contributed by atoms with van der Waals surface area (Å²) in [6.07, 6.45) is 0. The first kappa shape index (κ1) is 14.9. The third-order valence-corrected chi connectivity index (χ3v) is 6.26. The molecule has 0 unspecified atom stereocenters. The first-order valence-corrected chi connectivity index (χ1v) is 7.80. The zero-order chi connectivity index (χ0) is 13.2. The van der Waals surface area contributed by atoms with E-state index in [1.165, 1.54) is 20.1 Å². The molecule has 1 N–H and O–H groups in total. The fourth-order valence-corrected chi connectivity index (χ4v) is 4.58. The van der Waals surface area contributed by atoms with E-state index >= 15 is 0 Å². The molecule has 0 aliphatic heterocycles. The van der Waals surface area contributed by atoms with Gasteiger partial charge in [0.1, 0.15) is 10.3 Å². The lowest BCUT2D eigenvalue weighted by atomic mass is 10.4. The Morgan fingerprint density at radius 1 is 1.65 bits per heavy atom. The van der Waals surface area contributed by atoms with Gasteiger partial charge in [0.05, 0.1) is 15.9 Å². The lowest BCUT2D eigenvalue weighted by Gasteiger charge is -2.10. The normalized spacial score (nSPS) is 13.4. The van der Waals surface area contributed by atoms with Crippen molar-refractivity contribution in [3.05, 3.63) is 14.9 Å². The van der Waals surface area contributed by atoms with E-state index in [-0.39, 0.29) is 4.21 Å². The molecule has 1 aromatic heterocycles. The summed E-state index contributed by atoms with van der Waals surface area (Å²) in [6, 6.07) is 0.354. The number of ether oxygens (including phenoxy) is 1. The lowest BCUT2D eigenvalue weighted by molar-refractivity contribution is -0.142. The number of methoxy groups -OCH3 is 1. The summed E-state index contributed by atoms with van der Waals surface area (Å²) in [5, 5.41) is 0.307. The molecule has 0 bridgehead atoms. The zero-order valence-corrected chi connectivity index (χ0v) is 12.8. The third-order valence-electron chi connectivity index (χ3n) is 1.77. The van der Waals surface area contributed by atoms with Crippen LogP contribution in [0.3, 0.4) is 0 Å². The van der Waals surface area contributed by atoms with E-state index in [0.717, 1.165) is 11.3 Å². The fraction of sp³-hybridized carbons (Fsp3) is 0.375. The van der Waals surface area contributed by atoms with Crippen LogP contribution in [0.1, 0.15) is 6.92 Å². The Hall–Kier alpha value is -0.150. The van der Waals surface area contributed by atoms with Crippen molar-refractivity contribution in [3.8, 4) is 0 Å². The van der Waals surface area contributed by atoms with Crippen molar-refractivity contribution in [1.29, 1.82) is 0 Å². The van der Waals surface area contributed by atoms with E-state index in [9.17, 15) is 13.2 Å². The van der Waals surface area contributed by atoms with Gasteiger partial charge >= 0.3 is 5.97 Å². The van der Waals surface area contributed by atoms with Crippen molar-refractivity contribution >= 4 is 54.9 Å². The summed E-state index contributed by atoms with van der Waals surface area (Å²) >= 11 is 9.83. The first-order chi connectivity index (χ1) is 7.77. The average Bonchev–Trinajstić information content (AvgIpc) is 2.58. The number of rotatable bonds is 4. The lowest BCUT2D eigenvalue weighted by Crippen LogP contribution is -2.38. The summed E-state index contributed by atoms with van der Waals surface area (Å²) in [4.78, 5) is 11.1. The van der Waals surface area contributed by atoms with Crippen molar-refractivity contribution in [1.82, 2.24) is 4.72 Å². The van der Waals surface area contributed by atoms with Crippen LogP contribution in [0.4, 0.5) is 0 Å². The Morgan fingerprint density at radius 3 is 2.65 bits per heavy atom. The van der Waals surface area contributed by atoms with Gasteiger partial charge in [0.15, 0.2) is 0 Å². The maximum atomic E-state index is 11.8. The van der Waals surface area contributed by atoms with E-state index in [1.54, 1.807) is 0 Å². The van der Waals surface area contributed by atoms with Crippen molar-refractivity contribution in [2.24, 2.45) is 0 Å². The van der Waals surface area contributed by atoms with Crippen molar-refractivity contribution < 1.29 is 17.9 Å². The second-order valence-electron chi connectivity index (χ2n) is 3.05. The van der Waals surface area contributed by atoms with E-state index in [4.69, 9.17) is 11.6 Å². The molecule has 5 nitrogen and oxygen atoms in total. The third kappa shape index (κ3) is 3.65. The molecule has 0 spiro atoms. The van der Waals surface area contributed by atoms with Crippen LogP contribution in [-0.4, -0.2) is 27.5 Å². The van der Waals surface area contributed by atoms with Gasteiger partial charge < -0.3 is 4.74 Å². The highest BCUT2D eigenvalue weighted by atomic mass is 79.9. The Balaban J connectivity index is 2.93. The molecule has 96 valence electrons. The van der Waals surface area contributed by atoms with Crippen molar-refractivity contribution in [3.63, 3.8) is 0 Å². The molecule has 1 rings (SSSR count). The number of nitrogens with one attached hydrogen (secondary N) is 1. The van der Waals surface area contributed by atoms with Gasteiger partial charge in [0, 0.05) is 0 Å². The Bertz CT molecular complexity index is 508. The second kappa shape index (κ2) is 5.66. The minimum atomic E-state index is -3.76. The molecular weight excluding hydrogens is 354 g/mol. The van der Waals surface area contributed by atoms with Gasteiger partial charge in [0.2, 0.25) is 0 Å². The molecular formula is C8H9BrClNO4S2. The molecule has 0 saturated carbocycles. The van der Waals surface area contributed by atoms with Crippen LogP contribution >= 0.6 is 38.9 Å². The molecule has 1 aromatic rings. The van der Waals surface area contributed by atoms with E-state index < -0.39 is 22.0 Å². The number of hydrogen-bond acceptors (Lipinski definition) is 5. The van der Waals surface area contributed by atoms with Crippen LogP contribution in [0.2, 0.25) is 5.02 Å². The van der Waals surface area contributed by atoms with Gasteiger partial charge in [-0.2, -0.15) is 4.72 Å². The highest BCUT2D eigenvalue weighted by Gasteiger charge is 2.24. The number of sulfonamides is 1. The van der Waals surface area contributed by atoms with E-state index in [2.05, 4.69) is 25.4 Å². The quantitative estimate of drug-likeness (QED) is 0.832. The minimum absolute atomic E-state index is 0.0325. The first-order valence-electron chi connectivity index (χ1n) is 4.33.